The number of ether oxygens (including phenoxy) is 2. The van der Waals surface area contributed by atoms with Crippen LogP contribution in [0.1, 0.15) is 36.2 Å². The monoisotopic (exact) mass is 991 g/mol. The van der Waals surface area contributed by atoms with Crippen molar-refractivity contribution in [1.82, 2.24) is 25.3 Å². The van der Waals surface area contributed by atoms with E-state index in [0.29, 0.717) is 65.1 Å². The van der Waals surface area contributed by atoms with Crippen LogP contribution in [0.2, 0.25) is 10.0 Å². The van der Waals surface area contributed by atoms with Crippen LogP contribution in [-0.4, -0.2) is 78.6 Å². The minimum Gasteiger partial charge on any atom is -0.495 e. The lowest BCUT2D eigenvalue weighted by molar-refractivity contribution is -0.114. The van der Waals surface area contributed by atoms with Crippen LogP contribution in [0.25, 0.3) is 0 Å². The molecule has 21 heteroatoms. The fraction of sp³-hybridized carbons (Fsp3) is 0.188. The lowest BCUT2D eigenvalue weighted by atomic mass is 10.1. The largest absolute Gasteiger partial charge is 0.495 e. The van der Waals surface area contributed by atoms with Crippen molar-refractivity contribution in [1.29, 1.82) is 0 Å². The topological polar surface area (TPSA) is 231 Å². The summed E-state index contributed by atoms with van der Waals surface area (Å²) in [6.07, 6.45) is 7.34. The number of benzene rings is 4. The summed E-state index contributed by atoms with van der Waals surface area (Å²) in [6, 6.07) is 21.8. The molecule has 18 nitrogen and oxygen atoms in total. The number of fused-ring (bicyclic) bond motifs is 1. The Labute approximate surface area is 408 Å². The summed E-state index contributed by atoms with van der Waals surface area (Å²) in [4.78, 5) is 57.5. The maximum atomic E-state index is 14.1. The number of carbonyl (C=O) groups excluding carboxylic acids is 3. The molecule has 0 fully saturated rings. The number of halogens is 2. The van der Waals surface area contributed by atoms with Crippen LogP contribution in [0, 0.1) is 0 Å². The molecule has 1 aliphatic heterocycles. The van der Waals surface area contributed by atoms with Gasteiger partial charge in [-0.3, -0.25) is 14.4 Å². The first-order valence-corrected chi connectivity index (χ1v) is 23.7. The van der Waals surface area contributed by atoms with E-state index in [9.17, 15) is 22.8 Å². The molecular formula is C48H47Cl2N11O7S. The molecule has 0 spiro atoms. The number of hydrogen-bond acceptors (Lipinski definition) is 15. The molecule has 1 unspecified atom stereocenters. The van der Waals surface area contributed by atoms with E-state index in [2.05, 4.69) is 58.4 Å². The summed E-state index contributed by atoms with van der Waals surface area (Å²) in [5.41, 5.74) is 3.97. The number of nitrogens with one attached hydrogen (secondary N) is 6. The van der Waals surface area contributed by atoms with Gasteiger partial charge in [-0.1, -0.05) is 60.1 Å². The number of aromatic nitrogens is 4. The van der Waals surface area contributed by atoms with E-state index >= 15 is 0 Å². The van der Waals surface area contributed by atoms with E-state index in [1.54, 1.807) is 97.7 Å². The Morgan fingerprint density at radius 2 is 1.51 bits per heavy atom. The number of sulfone groups is 1. The van der Waals surface area contributed by atoms with Crippen molar-refractivity contribution in [3.05, 3.63) is 137 Å². The van der Waals surface area contributed by atoms with Gasteiger partial charge in [-0.25, -0.2) is 18.4 Å². The number of hydrogen-bond donors (Lipinski definition) is 6. The van der Waals surface area contributed by atoms with Crippen molar-refractivity contribution in [2.24, 2.45) is 0 Å². The van der Waals surface area contributed by atoms with E-state index in [0.717, 1.165) is 11.6 Å². The molecule has 4 aromatic carbocycles. The highest BCUT2D eigenvalue weighted by atomic mass is 35.5. The third-order valence-electron chi connectivity index (χ3n) is 10.7. The third-order valence-corrected chi connectivity index (χ3v) is 13.4. The zero-order valence-electron chi connectivity index (χ0n) is 37.8. The Bertz CT molecular complexity index is 3080. The highest BCUT2D eigenvalue weighted by Crippen LogP contribution is 2.42. The highest BCUT2D eigenvalue weighted by molar-refractivity contribution is 7.92. The molecule has 0 saturated heterocycles. The Kier molecular flexibility index (Phi) is 15.6. The molecule has 6 N–H and O–H groups in total. The van der Waals surface area contributed by atoms with Gasteiger partial charge in [-0.05, 0) is 93.4 Å². The molecular weight excluding hydrogens is 946 g/mol. The second-order valence-electron chi connectivity index (χ2n) is 15.1. The number of carbonyl (C=O) groups is 3. The van der Waals surface area contributed by atoms with Crippen molar-refractivity contribution in [3.8, 4) is 11.5 Å². The van der Waals surface area contributed by atoms with Gasteiger partial charge in [-0.2, -0.15) is 9.97 Å². The number of amides is 3. The zero-order valence-corrected chi connectivity index (χ0v) is 40.1. The molecule has 69 heavy (non-hydrogen) atoms. The van der Waals surface area contributed by atoms with Crippen LogP contribution < -0.4 is 46.3 Å². The van der Waals surface area contributed by atoms with Crippen LogP contribution in [0.5, 0.6) is 11.5 Å². The number of anilines is 10. The zero-order chi connectivity index (χ0) is 49.2. The van der Waals surface area contributed by atoms with Gasteiger partial charge in [0.05, 0.1) is 64.6 Å². The Balaban J connectivity index is 1.04. The first-order chi connectivity index (χ1) is 33.2. The molecule has 0 bridgehead atoms. The van der Waals surface area contributed by atoms with Crippen LogP contribution in [0.3, 0.4) is 0 Å². The Morgan fingerprint density at radius 3 is 2.19 bits per heavy atom. The maximum Gasteiger partial charge on any atom is 0.253 e. The summed E-state index contributed by atoms with van der Waals surface area (Å²) in [5.74, 6) is 0.574. The lowest BCUT2D eigenvalue weighted by Gasteiger charge is -2.19. The van der Waals surface area contributed by atoms with Gasteiger partial charge in [0.25, 0.3) is 11.8 Å². The molecule has 6 aromatic rings. The van der Waals surface area contributed by atoms with Gasteiger partial charge in [0.15, 0.2) is 21.5 Å². The van der Waals surface area contributed by atoms with Crippen molar-refractivity contribution >= 4 is 108 Å². The first kappa shape index (κ1) is 49.2. The maximum absolute atomic E-state index is 14.1. The summed E-state index contributed by atoms with van der Waals surface area (Å²) in [6.45, 7) is 7.59. The van der Waals surface area contributed by atoms with Gasteiger partial charge < -0.3 is 46.3 Å². The highest BCUT2D eigenvalue weighted by Gasteiger charge is 2.29. The minimum absolute atomic E-state index is 0.00515. The predicted octanol–water partition coefficient (Wildman–Crippen LogP) is 9.14. The number of methoxy groups -OCH3 is 1. The normalized spacial score (nSPS) is 12.4. The molecule has 356 valence electrons. The number of rotatable bonds is 19. The summed E-state index contributed by atoms with van der Waals surface area (Å²) >= 11 is 13.0. The van der Waals surface area contributed by atoms with Crippen LogP contribution >= 0.6 is 23.2 Å². The quantitative estimate of drug-likeness (QED) is 0.0416. The third kappa shape index (κ3) is 11.3. The van der Waals surface area contributed by atoms with Gasteiger partial charge in [0.2, 0.25) is 17.8 Å². The molecule has 3 amide bonds. The van der Waals surface area contributed by atoms with Crippen molar-refractivity contribution in [2.45, 2.75) is 36.8 Å². The molecule has 3 heterocycles. The minimum atomic E-state index is -3.99. The summed E-state index contributed by atoms with van der Waals surface area (Å²) in [5, 5.41) is 17.2. The van der Waals surface area contributed by atoms with Gasteiger partial charge in [-0.15, -0.1) is 0 Å². The lowest BCUT2D eigenvalue weighted by Crippen LogP contribution is -2.27. The Morgan fingerprint density at radius 1 is 0.855 bits per heavy atom. The van der Waals surface area contributed by atoms with E-state index in [1.165, 1.54) is 31.6 Å². The molecule has 7 rings (SSSR count). The molecule has 0 saturated carbocycles. The number of para-hydroxylation sites is 2. The van der Waals surface area contributed by atoms with Crippen LogP contribution in [0.4, 0.5) is 57.7 Å². The SMILES string of the molecule is C=CC(=O)Nc1ccc(OCC)c(Nc2ncc(Cl)c(Nc3ccccc3S(=O)(=O)C(C)C/C=C/C(=O)N3CCc4c3ccc(OC)c4Nc3ncc(Cl)c(Nc4ccccc4C(=O)NC)n3)n2)c1. The van der Waals surface area contributed by atoms with Crippen LogP contribution in [-0.2, 0) is 25.8 Å². The average molecular weight is 993 g/mol. The molecule has 2 aromatic heterocycles. The smallest absolute Gasteiger partial charge is 0.253 e. The fourth-order valence-electron chi connectivity index (χ4n) is 7.24. The summed E-state index contributed by atoms with van der Waals surface area (Å²) in [7, 11) is -0.927. The van der Waals surface area contributed by atoms with E-state index < -0.39 is 21.0 Å². The Hall–Kier alpha value is -7.74. The van der Waals surface area contributed by atoms with Crippen molar-refractivity contribution < 1.29 is 32.3 Å². The van der Waals surface area contributed by atoms with Crippen molar-refractivity contribution in [2.75, 3.05) is 58.8 Å². The molecule has 1 aliphatic rings. The number of nitrogens with zero attached hydrogens (tertiary/aromatic N) is 5. The second-order valence-corrected chi connectivity index (χ2v) is 18.3. The van der Waals surface area contributed by atoms with Crippen molar-refractivity contribution in [3.63, 3.8) is 0 Å². The molecule has 0 aliphatic carbocycles. The fourth-order valence-corrected chi connectivity index (χ4v) is 9.00. The predicted molar refractivity (Wildman–Crippen MR) is 269 cm³/mol. The van der Waals surface area contributed by atoms with Gasteiger partial charge in [0.1, 0.15) is 21.5 Å². The standard InChI is InChI=1S/C48H47Cl2N11O7S/c1-6-41(62)54-29-19-21-38(68-7-2)36(25-29)57-47-52-26-33(50)45(59-47)56-35-16-10-11-17-40(35)69(65,66)28(3)13-12-18-42(63)61-24-23-31-37(61)20-22-39(67-5)43(31)58-48-53-27-32(49)44(60-48)55-34-15-9-8-14-30(34)46(64)51-4/h6,8-12,14-22,25-28H,1,7,13,23-24H2,2-5H3,(H,51,64)(H,54,62)(H2,52,56,57,59)(H2,53,55,58,60)/b18-12+. The van der Waals surface area contributed by atoms with E-state index in [-0.39, 0.29) is 62.4 Å². The molecule has 0 radical (unpaired) electrons. The number of allylic oxidation sites excluding steroid dienone is 1. The second kappa shape index (κ2) is 21.9. The van der Waals surface area contributed by atoms with E-state index in [1.807, 2.05) is 6.92 Å². The van der Waals surface area contributed by atoms with Gasteiger partial charge >= 0.3 is 0 Å². The first-order valence-electron chi connectivity index (χ1n) is 21.4. The van der Waals surface area contributed by atoms with Gasteiger partial charge in [0, 0.05) is 30.5 Å². The average Bonchev–Trinajstić information content (AvgIpc) is 3.79. The summed E-state index contributed by atoms with van der Waals surface area (Å²) < 4.78 is 39.7. The molecule has 1 atom stereocenters. The van der Waals surface area contributed by atoms with Crippen LogP contribution in [0.15, 0.2) is 121 Å². The van der Waals surface area contributed by atoms with E-state index in [4.69, 9.17) is 32.7 Å².